The maximum absolute atomic E-state index is 5.61. The SMILES string of the molecule is CCN[C@@H]1CCOC[C@H]1Cc1ccc(Br)cc1. The lowest BCUT2D eigenvalue weighted by atomic mass is 9.89. The topological polar surface area (TPSA) is 21.3 Å². The molecule has 1 N–H and O–H groups in total. The van der Waals surface area contributed by atoms with Crippen molar-refractivity contribution in [2.24, 2.45) is 5.92 Å². The van der Waals surface area contributed by atoms with E-state index in [2.05, 4.69) is 52.4 Å². The summed E-state index contributed by atoms with van der Waals surface area (Å²) in [7, 11) is 0. The molecule has 1 aliphatic heterocycles. The highest BCUT2D eigenvalue weighted by molar-refractivity contribution is 9.10. The summed E-state index contributed by atoms with van der Waals surface area (Å²) >= 11 is 3.47. The molecule has 17 heavy (non-hydrogen) atoms. The van der Waals surface area contributed by atoms with Crippen molar-refractivity contribution in [3.63, 3.8) is 0 Å². The fourth-order valence-corrected chi connectivity index (χ4v) is 2.72. The zero-order valence-corrected chi connectivity index (χ0v) is 11.9. The Morgan fingerprint density at radius 2 is 2.12 bits per heavy atom. The van der Waals surface area contributed by atoms with Crippen LogP contribution in [0.4, 0.5) is 0 Å². The van der Waals surface area contributed by atoms with Gasteiger partial charge in [0.2, 0.25) is 0 Å². The molecule has 0 bridgehead atoms. The van der Waals surface area contributed by atoms with E-state index in [-0.39, 0.29) is 0 Å². The number of hydrogen-bond acceptors (Lipinski definition) is 2. The minimum absolute atomic E-state index is 0.602. The lowest BCUT2D eigenvalue weighted by molar-refractivity contribution is 0.0327. The van der Waals surface area contributed by atoms with Gasteiger partial charge < -0.3 is 10.1 Å². The molecular weight excluding hydrogens is 278 g/mol. The van der Waals surface area contributed by atoms with Crippen molar-refractivity contribution in [3.8, 4) is 0 Å². The van der Waals surface area contributed by atoms with Gasteiger partial charge in [-0.3, -0.25) is 0 Å². The Hall–Kier alpha value is -0.380. The van der Waals surface area contributed by atoms with Gasteiger partial charge in [0.25, 0.3) is 0 Å². The highest BCUT2D eigenvalue weighted by atomic mass is 79.9. The number of benzene rings is 1. The van der Waals surface area contributed by atoms with Gasteiger partial charge in [0, 0.05) is 23.0 Å². The third-order valence-corrected chi connectivity index (χ3v) is 3.88. The number of hydrogen-bond donors (Lipinski definition) is 1. The largest absolute Gasteiger partial charge is 0.381 e. The predicted molar refractivity (Wildman–Crippen MR) is 74.2 cm³/mol. The number of rotatable bonds is 4. The first-order valence-electron chi connectivity index (χ1n) is 6.35. The van der Waals surface area contributed by atoms with Gasteiger partial charge in [-0.15, -0.1) is 0 Å². The van der Waals surface area contributed by atoms with Gasteiger partial charge in [0.1, 0.15) is 0 Å². The molecule has 2 rings (SSSR count). The minimum Gasteiger partial charge on any atom is -0.381 e. The molecule has 0 aromatic heterocycles. The lowest BCUT2D eigenvalue weighted by Gasteiger charge is -2.32. The fraction of sp³-hybridized carbons (Fsp3) is 0.571. The molecule has 2 atom stereocenters. The van der Waals surface area contributed by atoms with E-state index in [4.69, 9.17) is 4.74 Å². The van der Waals surface area contributed by atoms with Gasteiger partial charge >= 0.3 is 0 Å². The summed E-state index contributed by atoms with van der Waals surface area (Å²) in [6.45, 7) is 5.00. The Morgan fingerprint density at radius 3 is 2.82 bits per heavy atom. The molecule has 0 spiro atoms. The average Bonchev–Trinajstić information content (AvgIpc) is 2.35. The highest BCUT2D eigenvalue weighted by Crippen LogP contribution is 2.21. The Kier molecular flexibility index (Phi) is 5.01. The van der Waals surface area contributed by atoms with Crippen LogP contribution in [0.25, 0.3) is 0 Å². The second kappa shape index (κ2) is 6.53. The summed E-state index contributed by atoms with van der Waals surface area (Å²) in [5.74, 6) is 0.602. The quantitative estimate of drug-likeness (QED) is 0.922. The van der Waals surface area contributed by atoms with Crippen LogP contribution < -0.4 is 5.32 Å². The molecule has 0 amide bonds. The van der Waals surface area contributed by atoms with Crippen molar-refractivity contribution < 1.29 is 4.74 Å². The molecular formula is C14H20BrNO. The zero-order valence-electron chi connectivity index (χ0n) is 10.3. The van der Waals surface area contributed by atoms with Crippen molar-refractivity contribution in [3.05, 3.63) is 34.3 Å². The Labute approximate surface area is 112 Å². The van der Waals surface area contributed by atoms with E-state index in [9.17, 15) is 0 Å². The molecule has 2 nitrogen and oxygen atoms in total. The van der Waals surface area contributed by atoms with Gasteiger partial charge in [0.05, 0.1) is 6.61 Å². The van der Waals surface area contributed by atoms with Crippen LogP contribution in [0.3, 0.4) is 0 Å². The van der Waals surface area contributed by atoms with Crippen LogP contribution in [-0.2, 0) is 11.2 Å². The lowest BCUT2D eigenvalue weighted by Crippen LogP contribution is -2.43. The van der Waals surface area contributed by atoms with Gasteiger partial charge in [-0.1, -0.05) is 35.0 Å². The Bertz CT molecular complexity index is 337. The van der Waals surface area contributed by atoms with Gasteiger partial charge in [-0.05, 0) is 37.1 Å². The first-order chi connectivity index (χ1) is 8.29. The fourth-order valence-electron chi connectivity index (χ4n) is 2.45. The minimum atomic E-state index is 0.602. The second-order valence-electron chi connectivity index (χ2n) is 4.62. The number of nitrogens with one attached hydrogen (secondary N) is 1. The smallest absolute Gasteiger partial charge is 0.0512 e. The van der Waals surface area contributed by atoms with Crippen LogP contribution in [0, 0.1) is 5.92 Å². The van der Waals surface area contributed by atoms with E-state index in [1.165, 1.54) is 5.56 Å². The van der Waals surface area contributed by atoms with Crippen molar-refractivity contribution in [1.29, 1.82) is 0 Å². The summed E-state index contributed by atoms with van der Waals surface area (Å²) in [6.07, 6.45) is 2.24. The van der Waals surface area contributed by atoms with E-state index in [0.29, 0.717) is 12.0 Å². The number of ether oxygens (including phenoxy) is 1. The molecule has 0 saturated carbocycles. The molecule has 1 heterocycles. The molecule has 0 radical (unpaired) electrons. The first-order valence-corrected chi connectivity index (χ1v) is 7.14. The van der Waals surface area contributed by atoms with E-state index in [1.54, 1.807) is 0 Å². The monoisotopic (exact) mass is 297 g/mol. The Morgan fingerprint density at radius 1 is 1.35 bits per heavy atom. The molecule has 0 aliphatic carbocycles. The van der Waals surface area contributed by atoms with E-state index in [0.717, 1.165) is 37.1 Å². The average molecular weight is 298 g/mol. The summed E-state index contributed by atoms with van der Waals surface area (Å²) in [5, 5.41) is 3.58. The van der Waals surface area contributed by atoms with Crippen molar-refractivity contribution in [2.45, 2.75) is 25.8 Å². The Balaban J connectivity index is 1.97. The van der Waals surface area contributed by atoms with Crippen LogP contribution in [0.2, 0.25) is 0 Å². The van der Waals surface area contributed by atoms with E-state index >= 15 is 0 Å². The standard InChI is InChI=1S/C14H20BrNO/c1-2-16-14-7-8-17-10-12(14)9-11-3-5-13(15)6-4-11/h3-6,12,14,16H,2,7-10H2,1H3/t12-,14-/m1/s1. The maximum atomic E-state index is 5.61. The van der Waals surface area contributed by atoms with Crippen LogP contribution in [0.1, 0.15) is 18.9 Å². The molecule has 1 aromatic rings. The third-order valence-electron chi connectivity index (χ3n) is 3.35. The van der Waals surface area contributed by atoms with Crippen LogP contribution >= 0.6 is 15.9 Å². The third kappa shape index (κ3) is 3.80. The summed E-state index contributed by atoms with van der Waals surface area (Å²) in [6, 6.07) is 9.23. The van der Waals surface area contributed by atoms with Crippen molar-refractivity contribution >= 4 is 15.9 Å². The van der Waals surface area contributed by atoms with Crippen LogP contribution in [0.15, 0.2) is 28.7 Å². The predicted octanol–water partition coefficient (Wildman–Crippen LogP) is 3.01. The van der Waals surface area contributed by atoms with Gasteiger partial charge in [0.15, 0.2) is 0 Å². The maximum Gasteiger partial charge on any atom is 0.0512 e. The molecule has 1 fully saturated rings. The van der Waals surface area contributed by atoms with Crippen LogP contribution in [0.5, 0.6) is 0 Å². The van der Waals surface area contributed by atoms with Crippen LogP contribution in [-0.4, -0.2) is 25.8 Å². The molecule has 1 saturated heterocycles. The molecule has 1 aromatic carbocycles. The second-order valence-corrected chi connectivity index (χ2v) is 5.53. The molecule has 1 aliphatic rings. The first kappa shape index (κ1) is 13.1. The normalized spacial score (nSPS) is 24.8. The summed E-state index contributed by atoms with van der Waals surface area (Å²) in [4.78, 5) is 0. The summed E-state index contributed by atoms with van der Waals surface area (Å²) in [5.41, 5.74) is 1.40. The van der Waals surface area contributed by atoms with Gasteiger partial charge in [-0.2, -0.15) is 0 Å². The molecule has 3 heteroatoms. The summed E-state index contributed by atoms with van der Waals surface area (Å²) < 4.78 is 6.75. The van der Waals surface area contributed by atoms with Crippen molar-refractivity contribution in [1.82, 2.24) is 5.32 Å². The number of halogens is 1. The van der Waals surface area contributed by atoms with Crippen molar-refractivity contribution in [2.75, 3.05) is 19.8 Å². The highest BCUT2D eigenvalue weighted by Gasteiger charge is 2.24. The van der Waals surface area contributed by atoms with E-state index < -0.39 is 0 Å². The molecule has 94 valence electrons. The van der Waals surface area contributed by atoms with Gasteiger partial charge in [-0.25, -0.2) is 0 Å². The zero-order chi connectivity index (χ0) is 12.1. The van der Waals surface area contributed by atoms with E-state index in [1.807, 2.05) is 0 Å². The molecule has 0 unspecified atom stereocenters.